The number of ether oxygens (including phenoxy) is 3. The Morgan fingerprint density at radius 1 is 1.14 bits per heavy atom. The minimum atomic E-state index is -0.766. The largest absolute Gasteiger partial charge is 0.383 e. The first-order valence-electron chi connectivity index (χ1n) is 14.6. The molecule has 4 heterocycles. The van der Waals surface area contributed by atoms with Crippen LogP contribution >= 0.6 is 11.3 Å². The number of piperazine rings is 1. The first-order chi connectivity index (χ1) is 20.3. The third-order valence-corrected chi connectivity index (χ3v) is 9.13. The average Bonchev–Trinajstić information content (AvgIpc) is 3.73. The second-order valence-corrected chi connectivity index (χ2v) is 12.4. The SMILES string of the molecule is COCCN1CCN(c2nc(-c3ccc(C(=O)NC(CC(C)C)C(=O)N4C[C@@H](OC)[C@H]5OCC(=O)[C@H]54)cc3)cs2)CC1. The summed E-state index contributed by atoms with van der Waals surface area (Å²) in [5.41, 5.74) is 2.25. The van der Waals surface area contributed by atoms with Crippen LogP contribution < -0.4 is 10.2 Å². The number of Topliss-reactive ketones (excluding diaryl/α,β-unsaturated/α-hetero) is 1. The molecule has 1 aromatic carbocycles. The molecular formula is C30H41N5O6S. The van der Waals surface area contributed by atoms with Gasteiger partial charge in [-0.25, -0.2) is 4.98 Å². The van der Waals surface area contributed by atoms with Crippen molar-refractivity contribution in [3.8, 4) is 11.3 Å². The predicted octanol–water partition coefficient (Wildman–Crippen LogP) is 1.92. The number of likely N-dealkylation sites (tertiary alicyclic amines) is 1. The first kappa shape index (κ1) is 30.6. The van der Waals surface area contributed by atoms with E-state index < -0.39 is 18.2 Å². The van der Waals surface area contributed by atoms with E-state index >= 15 is 0 Å². The average molecular weight is 600 g/mol. The van der Waals surface area contributed by atoms with Crippen molar-refractivity contribution < 1.29 is 28.6 Å². The standard InChI is InChI=1S/C30H41N5O6S/c1-19(2)15-22(29(38)35-16-25(40-4)27-26(35)24(36)17-41-27)31-28(37)21-7-5-20(6-8-21)23-18-42-30(32-23)34-11-9-33(10-12-34)13-14-39-3/h5-8,18-19,22,25-27H,9-17H2,1-4H3,(H,31,37)/t22?,25-,26-,27-/m1/s1. The summed E-state index contributed by atoms with van der Waals surface area (Å²) < 4.78 is 16.3. The van der Waals surface area contributed by atoms with Gasteiger partial charge in [-0.05, 0) is 24.5 Å². The Hall–Kier alpha value is -2.90. The lowest BCUT2D eigenvalue weighted by Crippen LogP contribution is -2.52. The number of nitrogens with zero attached hydrogens (tertiary/aromatic N) is 4. The van der Waals surface area contributed by atoms with Gasteiger partial charge in [0, 0.05) is 63.5 Å². The maximum atomic E-state index is 13.7. The summed E-state index contributed by atoms with van der Waals surface area (Å²) >= 11 is 1.63. The zero-order valence-corrected chi connectivity index (χ0v) is 25.6. The highest BCUT2D eigenvalue weighted by molar-refractivity contribution is 7.14. The Balaban J connectivity index is 1.22. The maximum absolute atomic E-state index is 13.7. The Bertz CT molecular complexity index is 1250. The molecule has 12 heteroatoms. The van der Waals surface area contributed by atoms with E-state index in [1.807, 2.05) is 31.4 Å². The van der Waals surface area contributed by atoms with E-state index in [9.17, 15) is 14.4 Å². The Morgan fingerprint density at radius 3 is 2.55 bits per heavy atom. The minimum Gasteiger partial charge on any atom is -0.383 e. The van der Waals surface area contributed by atoms with Crippen LogP contribution in [0.5, 0.6) is 0 Å². The summed E-state index contributed by atoms with van der Waals surface area (Å²) in [4.78, 5) is 50.6. The maximum Gasteiger partial charge on any atom is 0.251 e. The van der Waals surface area contributed by atoms with Gasteiger partial charge in [-0.2, -0.15) is 0 Å². The van der Waals surface area contributed by atoms with Gasteiger partial charge in [0.15, 0.2) is 10.9 Å². The molecule has 0 bridgehead atoms. The normalized spacial score (nSPS) is 23.5. The molecule has 42 heavy (non-hydrogen) atoms. The van der Waals surface area contributed by atoms with Gasteiger partial charge in [0.05, 0.1) is 18.8 Å². The molecule has 2 amide bonds. The molecule has 5 rings (SSSR count). The van der Waals surface area contributed by atoms with E-state index in [1.54, 1.807) is 37.7 Å². The molecule has 1 aromatic heterocycles. The van der Waals surface area contributed by atoms with Crippen molar-refractivity contribution >= 4 is 34.1 Å². The molecule has 2 aromatic rings. The number of benzene rings is 1. The lowest BCUT2D eigenvalue weighted by Gasteiger charge is -2.34. The summed E-state index contributed by atoms with van der Waals surface area (Å²) in [5, 5.41) is 5.98. The van der Waals surface area contributed by atoms with Crippen LogP contribution in [0.25, 0.3) is 11.3 Å². The topological polar surface area (TPSA) is 114 Å². The Morgan fingerprint density at radius 2 is 1.88 bits per heavy atom. The fraction of sp³-hybridized carbons (Fsp3) is 0.600. The van der Waals surface area contributed by atoms with Crippen LogP contribution in [0.1, 0.15) is 30.6 Å². The number of methoxy groups -OCH3 is 2. The number of thiazole rings is 1. The van der Waals surface area contributed by atoms with Crippen LogP contribution in [0.4, 0.5) is 5.13 Å². The third kappa shape index (κ3) is 6.68. The van der Waals surface area contributed by atoms with Crippen LogP contribution in [0.2, 0.25) is 0 Å². The van der Waals surface area contributed by atoms with E-state index in [0.29, 0.717) is 12.0 Å². The molecule has 3 aliphatic rings. The van der Waals surface area contributed by atoms with Crippen LogP contribution in [0, 0.1) is 5.92 Å². The number of carbonyl (C=O) groups is 3. The van der Waals surface area contributed by atoms with E-state index in [0.717, 1.165) is 55.7 Å². The summed E-state index contributed by atoms with van der Waals surface area (Å²) in [6.07, 6.45) is -0.387. The fourth-order valence-corrected chi connectivity index (χ4v) is 6.79. The number of hydrogen-bond donors (Lipinski definition) is 1. The monoisotopic (exact) mass is 599 g/mol. The number of hydrogen-bond acceptors (Lipinski definition) is 10. The molecule has 0 radical (unpaired) electrons. The van der Waals surface area contributed by atoms with Gasteiger partial charge in [-0.15, -0.1) is 11.3 Å². The number of carbonyl (C=O) groups excluding carboxylic acids is 3. The van der Waals surface area contributed by atoms with Gasteiger partial charge in [-0.1, -0.05) is 26.0 Å². The molecule has 3 saturated heterocycles. The lowest BCUT2D eigenvalue weighted by molar-refractivity contribution is -0.138. The lowest BCUT2D eigenvalue weighted by atomic mass is 10.0. The van der Waals surface area contributed by atoms with Gasteiger partial charge < -0.3 is 29.3 Å². The number of aromatic nitrogens is 1. The molecule has 3 fully saturated rings. The van der Waals surface area contributed by atoms with Crippen molar-refractivity contribution in [3.05, 3.63) is 35.2 Å². The number of amides is 2. The van der Waals surface area contributed by atoms with Crippen LogP contribution in [-0.2, 0) is 23.8 Å². The van der Waals surface area contributed by atoms with E-state index in [1.165, 1.54) is 4.90 Å². The van der Waals surface area contributed by atoms with Gasteiger partial charge in [-0.3, -0.25) is 19.3 Å². The quantitative estimate of drug-likeness (QED) is 0.414. The zero-order valence-electron chi connectivity index (χ0n) is 24.8. The number of rotatable bonds is 11. The summed E-state index contributed by atoms with van der Waals surface area (Å²) in [5.74, 6) is -0.593. The van der Waals surface area contributed by atoms with Gasteiger partial charge in [0.25, 0.3) is 5.91 Å². The van der Waals surface area contributed by atoms with Crippen molar-refractivity contribution in [1.29, 1.82) is 0 Å². The molecule has 11 nitrogen and oxygen atoms in total. The summed E-state index contributed by atoms with van der Waals surface area (Å²) in [6.45, 7) is 9.75. The molecule has 1 unspecified atom stereocenters. The van der Waals surface area contributed by atoms with Crippen molar-refractivity contribution in [1.82, 2.24) is 20.1 Å². The minimum absolute atomic E-state index is 0.0292. The first-order valence-corrected chi connectivity index (χ1v) is 15.5. The highest BCUT2D eigenvalue weighted by Gasteiger charge is 2.53. The second kappa shape index (κ2) is 13.6. The highest BCUT2D eigenvalue weighted by Crippen LogP contribution is 2.31. The zero-order chi connectivity index (χ0) is 29.8. The molecule has 4 atom stereocenters. The fourth-order valence-electron chi connectivity index (χ4n) is 5.90. The van der Waals surface area contributed by atoms with Crippen molar-refractivity contribution in [3.63, 3.8) is 0 Å². The van der Waals surface area contributed by atoms with Crippen molar-refractivity contribution in [2.24, 2.45) is 5.92 Å². The van der Waals surface area contributed by atoms with E-state index in [-0.39, 0.29) is 42.8 Å². The number of anilines is 1. The van der Waals surface area contributed by atoms with E-state index in [4.69, 9.17) is 19.2 Å². The second-order valence-electron chi connectivity index (χ2n) is 11.5. The smallest absolute Gasteiger partial charge is 0.251 e. The van der Waals surface area contributed by atoms with E-state index in [2.05, 4.69) is 15.1 Å². The molecule has 228 valence electrons. The molecular weight excluding hydrogens is 558 g/mol. The molecule has 0 saturated carbocycles. The van der Waals surface area contributed by atoms with Crippen molar-refractivity contribution in [2.75, 3.05) is 71.6 Å². The molecule has 1 N–H and O–H groups in total. The summed E-state index contributed by atoms with van der Waals surface area (Å²) in [6, 6.07) is 5.86. The molecule has 3 aliphatic heterocycles. The highest BCUT2D eigenvalue weighted by atomic mass is 32.1. The number of fused-ring (bicyclic) bond motifs is 1. The van der Waals surface area contributed by atoms with Crippen LogP contribution in [0.3, 0.4) is 0 Å². The third-order valence-electron chi connectivity index (χ3n) is 8.22. The molecule has 0 spiro atoms. The van der Waals surface area contributed by atoms with Crippen LogP contribution in [0.15, 0.2) is 29.6 Å². The van der Waals surface area contributed by atoms with Crippen LogP contribution in [-0.4, -0.2) is 123 Å². The summed E-state index contributed by atoms with van der Waals surface area (Å²) in [7, 11) is 3.28. The number of ketones is 1. The van der Waals surface area contributed by atoms with Gasteiger partial charge >= 0.3 is 0 Å². The predicted molar refractivity (Wildman–Crippen MR) is 160 cm³/mol. The number of nitrogens with one attached hydrogen (secondary N) is 1. The Labute approximate surface area is 251 Å². The van der Waals surface area contributed by atoms with Gasteiger partial charge in [0.2, 0.25) is 5.91 Å². The van der Waals surface area contributed by atoms with Crippen molar-refractivity contribution in [2.45, 2.75) is 44.6 Å². The molecule has 0 aliphatic carbocycles. The van der Waals surface area contributed by atoms with Gasteiger partial charge in [0.1, 0.15) is 30.9 Å². The Kier molecular flexibility index (Phi) is 9.89.